The van der Waals surface area contributed by atoms with E-state index in [1.165, 1.54) is 22.3 Å². The van der Waals surface area contributed by atoms with Crippen LogP contribution in [-0.2, 0) is 19.3 Å². The minimum absolute atomic E-state index is 0.0567. The first kappa shape index (κ1) is 20.6. The molecule has 0 spiro atoms. The number of aliphatic hydroxyl groups is 1. The molecular formula is C24H20N4O2S. The summed E-state index contributed by atoms with van der Waals surface area (Å²) >= 11 is 1.40. The van der Waals surface area contributed by atoms with Gasteiger partial charge in [0.25, 0.3) is 0 Å². The second-order valence-corrected chi connectivity index (χ2v) is 8.55. The number of ketones is 1. The van der Waals surface area contributed by atoms with Gasteiger partial charge in [-0.3, -0.25) is 15.1 Å². The van der Waals surface area contributed by atoms with E-state index in [0.717, 1.165) is 48.1 Å². The van der Waals surface area contributed by atoms with E-state index in [0.29, 0.717) is 16.1 Å². The fourth-order valence-corrected chi connectivity index (χ4v) is 5.32. The molecule has 1 aliphatic carbocycles. The molecule has 1 aromatic carbocycles. The number of carbonyl (C=O) groups excluding carboxylic acids is 1. The van der Waals surface area contributed by atoms with Gasteiger partial charge in [-0.25, -0.2) is 0 Å². The molecule has 0 bridgehead atoms. The van der Waals surface area contributed by atoms with Gasteiger partial charge in [-0.15, -0.1) is 11.3 Å². The van der Waals surface area contributed by atoms with Crippen molar-refractivity contribution < 1.29 is 9.90 Å². The van der Waals surface area contributed by atoms with Crippen LogP contribution in [0, 0.1) is 28.1 Å². The highest BCUT2D eigenvalue weighted by molar-refractivity contribution is 7.16. The molecule has 0 fully saturated rings. The number of aliphatic hydroxyl groups excluding tert-OH is 1. The number of rotatable bonds is 4. The molecule has 0 amide bonds. The lowest BCUT2D eigenvalue weighted by Gasteiger charge is -2.19. The van der Waals surface area contributed by atoms with Crippen LogP contribution in [0.2, 0.25) is 0 Å². The third kappa shape index (κ3) is 3.43. The molecule has 0 saturated carbocycles. The predicted octanol–water partition coefficient (Wildman–Crippen LogP) is 4.96. The van der Waals surface area contributed by atoms with Crippen LogP contribution < -0.4 is 4.90 Å². The largest absolute Gasteiger partial charge is 0.504 e. The summed E-state index contributed by atoms with van der Waals surface area (Å²) in [5.74, 6) is -0.988. The average molecular weight is 429 g/mol. The van der Waals surface area contributed by atoms with Crippen molar-refractivity contribution in [1.29, 1.82) is 15.9 Å². The Balaban J connectivity index is 1.82. The summed E-state index contributed by atoms with van der Waals surface area (Å²) in [6, 6.07) is 11.3. The molecule has 0 unspecified atom stereocenters. The van der Waals surface area contributed by atoms with Crippen molar-refractivity contribution in [3.05, 3.63) is 74.5 Å². The number of anilines is 1. The number of amidine groups is 1. The topological polar surface area (TPSA) is 112 Å². The first-order valence-corrected chi connectivity index (χ1v) is 10.9. The maximum atomic E-state index is 12.9. The molecule has 0 radical (unpaired) electrons. The van der Waals surface area contributed by atoms with Crippen LogP contribution in [0.4, 0.5) is 5.00 Å². The molecule has 2 aromatic rings. The number of aryl methyl sites for hydroxylation is 2. The Hall–Kier alpha value is -3.68. The molecule has 0 saturated heterocycles. The number of thiophene rings is 1. The summed E-state index contributed by atoms with van der Waals surface area (Å²) in [5.41, 5.74) is 2.83. The van der Waals surface area contributed by atoms with Crippen LogP contribution in [0.25, 0.3) is 0 Å². The highest BCUT2D eigenvalue weighted by Gasteiger charge is 2.38. The van der Waals surface area contributed by atoms with Gasteiger partial charge in [0.05, 0.1) is 11.3 Å². The van der Waals surface area contributed by atoms with Gasteiger partial charge in [0.2, 0.25) is 0 Å². The predicted molar refractivity (Wildman–Crippen MR) is 119 cm³/mol. The SMILES string of the molecule is CCc1ccc(C(=O)C=C2C(O)=C(C#N)C(=N)N2c2sc3c(c2C#N)CCCC3)cc1. The monoisotopic (exact) mass is 428 g/mol. The number of benzene rings is 1. The summed E-state index contributed by atoms with van der Waals surface area (Å²) in [7, 11) is 0. The highest BCUT2D eigenvalue weighted by Crippen LogP contribution is 2.44. The lowest BCUT2D eigenvalue weighted by atomic mass is 9.96. The van der Waals surface area contributed by atoms with Crippen LogP contribution in [0.3, 0.4) is 0 Å². The standard InChI is InChI=1S/C24H20N4O2S/c1-2-14-7-9-15(10-8-14)20(29)11-19-22(30)18(13-26)23(27)28(19)24-17(12-25)16-5-3-4-6-21(16)31-24/h7-11,27,30H,2-6H2,1H3. The number of fused-ring (bicyclic) bond motifs is 1. The minimum Gasteiger partial charge on any atom is -0.504 e. The van der Waals surface area contributed by atoms with Crippen LogP contribution in [0.1, 0.15) is 51.7 Å². The van der Waals surface area contributed by atoms with Gasteiger partial charge in [0.1, 0.15) is 22.7 Å². The van der Waals surface area contributed by atoms with Gasteiger partial charge < -0.3 is 5.11 Å². The number of carbonyl (C=O) groups is 1. The van der Waals surface area contributed by atoms with Crippen molar-refractivity contribution in [2.45, 2.75) is 39.0 Å². The summed E-state index contributed by atoms with van der Waals surface area (Å²) in [4.78, 5) is 15.4. The van der Waals surface area contributed by atoms with Crippen molar-refractivity contribution in [1.82, 2.24) is 0 Å². The van der Waals surface area contributed by atoms with Crippen LogP contribution in [0.15, 0.2) is 47.4 Å². The van der Waals surface area contributed by atoms with Crippen LogP contribution in [-0.4, -0.2) is 16.7 Å². The third-order valence-electron chi connectivity index (χ3n) is 5.67. The van der Waals surface area contributed by atoms with E-state index >= 15 is 0 Å². The van der Waals surface area contributed by atoms with Crippen LogP contribution in [0.5, 0.6) is 0 Å². The van der Waals surface area contributed by atoms with Crippen LogP contribution >= 0.6 is 11.3 Å². The van der Waals surface area contributed by atoms with E-state index in [2.05, 4.69) is 6.07 Å². The fraction of sp³-hybridized carbons (Fsp3) is 0.250. The van der Waals surface area contributed by atoms with Gasteiger partial charge in [-0.1, -0.05) is 31.2 Å². The van der Waals surface area contributed by atoms with E-state index in [-0.39, 0.29) is 22.9 Å². The van der Waals surface area contributed by atoms with E-state index in [1.54, 1.807) is 12.1 Å². The zero-order valence-electron chi connectivity index (χ0n) is 17.0. The minimum atomic E-state index is -0.415. The van der Waals surface area contributed by atoms with Gasteiger partial charge in [-0.05, 0) is 43.2 Å². The molecule has 154 valence electrons. The fourth-order valence-electron chi connectivity index (χ4n) is 3.96. The maximum Gasteiger partial charge on any atom is 0.188 e. The molecule has 6 nitrogen and oxygen atoms in total. The van der Waals surface area contributed by atoms with Crippen molar-refractivity contribution in [2.24, 2.45) is 0 Å². The smallest absolute Gasteiger partial charge is 0.188 e. The van der Waals surface area contributed by atoms with Crippen molar-refractivity contribution >= 4 is 28.0 Å². The van der Waals surface area contributed by atoms with Crippen molar-refractivity contribution in [3.63, 3.8) is 0 Å². The molecule has 2 N–H and O–H groups in total. The van der Waals surface area contributed by atoms with Gasteiger partial charge >= 0.3 is 0 Å². The normalized spacial score (nSPS) is 16.9. The molecule has 4 rings (SSSR count). The van der Waals surface area contributed by atoms with Gasteiger partial charge in [0, 0.05) is 16.5 Å². The highest BCUT2D eigenvalue weighted by atomic mass is 32.1. The molecule has 2 aliphatic rings. The molecule has 2 heterocycles. The lowest BCUT2D eigenvalue weighted by molar-refractivity contribution is 0.104. The van der Waals surface area contributed by atoms with E-state index in [1.807, 2.05) is 25.1 Å². The van der Waals surface area contributed by atoms with Crippen molar-refractivity contribution in [3.8, 4) is 12.1 Å². The maximum absolute atomic E-state index is 12.9. The molecule has 1 aliphatic heterocycles. The second-order valence-electron chi connectivity index (χ2n) is 7.47. The van der Waals surface area contributed by atoms with E-state index in [9.17, 15) is 20.4 Å². The number of hydrogen-bond acceptors (Lipinski definition) is 6. The molecule has 31 heavy (non-hydrogen) atoms. The van der Waals surface area contributed by atoms with E-state index in [4.69, 9.17) is 5.41 Å². The van der Waals surface area contributed by atoms with Gasteiger partial charge in [0.15, 0.2) is 17.4 Å². The Morgan fingerprint density at radius 1 is 1.23 bits per heavy atom. The Morgan fingerprint density at radius 2 is 1.94 bits per heavy atom. The number of nitriles is 2. The second kappa shape index (κ2) is 8.22. The molecule has 7 heteroatoms. The van der Waals surface area contributed by atoms with Crippen molar-refractivity contribution in [2.75, 3.05) is 4.90 Å². The van der Waals surface area contributed by atoms with E-state index < -0.39 is 5.76 Å². The summed E-state index contributed by atoms with van der Waals surface area (Å²) < 4.78 is 0. The average Bonchev–Trinajstić information content (AvgIpc) is 3.27. The first-order chi connectivity index (χ1) is 15.0. The number of nitrogens with one attached hydrogen (secondary N) is 1. The molecular weight excluding hydrogens is 408 g/mol. The first-order valence-electron chi connectivity index (χ1n) is 10.1. The number of allylic oxidation sites excluding steroid dienone is 1. The molecule has 1 aromatic heterocycles. The number of nitrogens with zero attached hydrogens (tertiary/aromatic N) is 3. The Kier molecular flexibility index (Phi) is 5.46. The third-order valence-corrected chi connectivity index (χ3v) is 6.95. The lowest BCUT2D eigenvalue weighted by Crippen LogP contribution is -2.25. The summed E-state index contributed by atoms with van der Waals surface area (Å²) in [6.45, 7) is 2.03. The summed E-state index contributed by atoms with van der Waals surface area (Å²) in [6.07, 6.45) is 5.79. The molecule has 0 atom stereocenters. The Labute approximate surface area is 184 Å². The number of hydrogen-bond donors (Lipinski definition) is 2. The Bertz CT molecular complexity index is 1240. The quantitative estimate of drug-likeness (QED) is 0.528. The van der Waals surface area contributed by atoms with Gasteiger partial charge in [-0.2, -0.15) is 10.5 Å². The Morgan fingerprint density at radius 3 is 2.58 bits per heavy atom. The zero-order valence-corrected chi connectivity index (χ0v) is 17.8. The summed E-state index contributed by atoms with van der Waals surface area (Å²) in [5, 5.41) is 38.9. The zero-order chi connectivity index (χ0) is 22.1.